The molecule has 1 fully saturated rings. The van der Waals surface area contributed by atoms with Crippen LogP contribution in [0.4, 0.5) is 0 Å². The highest BCUT2D eigenvalue weighted by Crippen LogP contribution is 2.43. The van der Waals surface area contributed by atoms with Crippen molar-refractivity contribution in [1.29, 1.82) is 1.34 Å². The SMILES string of the molecule is [2H][B]C1CC(OP(O[B])N(C)[B][B])C(COC)O1. The van der Waals surface area contributed by atoms with Crippen LogP contribution in [-0.2, 0) is 18.4 Å². The van der Waals surface area contributed by atoms with Crippen LogP contribution < -0.4 is 0 Å². The third-order valence-electron chi connectivity index (χ3n) is 2.35. The Morgan fingerprint density at radius 2 is 2.53 bits per heavy atom. The zero-order chi connectivity index (χ0) is 13.5. The number of hydrogen-bond acceptors (Lipinski definition) is 5. The molecule has 4 atom stereocenters. The van der Waals surface area contributed by atoms with Gasteiger partial charge in [-0.15, -0.1) is 0 Å². The third-order valence-corrected chi connectivity index (χ3v) is 3.63. The molecule has 1 saturated heterocycles. The van der Waals surface area contributed by atoms with Crippen LogP contribution in [-0.4, -0.2) is 75.8 Å². The van der Waals surface area contributed by atoms with Crippen molar-refractivity contribution in [2.75, 3.05) is 20.8 Å². The van der Waals surface area contributed by atoms with Gasteiger partial charge in [0.15, 0.2) is 7.31 Å². The van der Waals surface area contributed by atoms with Crippen molar-refractivity contribution < 1.29 is 18.4 Å². The van der Waals surface area contributed by atoms with E-state index < -0.39 is 8.53 Å². The first kappa shape index (κ1) is 13.9. The molecule has 10 heteroatoms. The summed E-state index contributed by atoms with van der Waals surface area (Å²) in [7, 11) is 14.9. The van der Waals surface area contributed by atoms with Crippen LogP contribution >= 0.6 is 8.53 Å². The molecule has 1 aliphatic heterocycles. The second-order valence-corrected chi connectivity index (χ2v) is 5.14. The summed E-state index contributed by atoms with van der Waals surface area (Å²) < 4.78 is 29.9. The van der Waals surface area contributed by atoms with E-state index in [4.69, 9.17) is 35.6 Å². The Kier molecular flexibility index (Phi) is 6.40. The topological polar surface area (TPSA) is 40.2 Å². The fraction of sp³-hybridized carbons (Fsp3) is 1.00. The highest BCUT2D eigenvalue weighted by Gasteiger charge is 2.36. The molecular weight excluding hydrogens is 236 g/mol. The van der Waals surface area contributed by atoms with E-state index in [2.05, 4.69) is 0 Å². The van der Waals surface area contributed by atoms with Crippen molar-refractivity contribution in [1.82, 2.24) is 4.58 Å². The molecule has 0 aromatic carbocycles. The molecule has 0 aromatic rings. The van der Waals surface area contributed by atoms with Gasteiger partial charge in [-0.3, -0.25) is 4.58 Å². The molecule has 0 aliphatic carbocycles. The van der Waals surface area contributed by atoms with Crippen molar-refractivity contribution in [3.05, 3.63) is 0 Å². The van der Waals surface area contributed by atoms with Crippen molar-refractivity contribution in [2.45, 2.75) is 24.6 Å². The maximum atomic E-state index is 7.23. The number of methoxy groups -OCH3 is 1. The zero-order valence-electron chi connectivity index (χ0n) is 11.0. The van der Waals surface area contributed by atoms with Gasteiger partial charge in [0.05, 0.1) is 12.7 Å². The summed E-state index contributed by atoms with van der Waals surface area (Å²) in [4.78, 5) is 0. The molecule has 17 heavy (non-hydrogen) atoms. The van der Waals surface area contributed by atoms with Gasteiger partial charge in [-0.25, -0.2) is 0 Å². The van der Waals surface area contributed by atoms with Gasteiger partial charge < -0.3 is 18.4 Å². The predicted molar refractivity (Wildman–Crippen MR) is 70.2 cm³/mol. The molecule has 5 nitrogen and oxygen atoms in total. The molecule has 0 spiro atoms. The molecule has 6 radical (unpaired) electrons. The quantitative estimate of drug-likeness (QED) is 0.409. The summed E-state index contributed by atoms with van der Waals surface area (Å²) in [5.41, 5.74) is 0. The number of ether oxygens (including phenoxy) is 2. The van der Waals surface area contributed by atoms with Crippen LogP contribution in [0.3, 0.4) is 0 Å². The standard InChI is InChI=1S/C7H14B4NO4P/c1-12(11-9)17(16-10)15-5-3-7(8)14-6(5)4-13-2/h5-8H,3-4H2,1-2H3/i8D. The summed E-state index contributed by atoms with van der Waals surface area (Å²) in [5, 5.41) is 0. The first-order chi connectivity index (χ1) is 8.65. The molecule has 0 bridgehead atoms. The van der Waals surface area contributed by atoms with E-state index >= 15 is 0 Å². The van der Waals surface area contributed by atoms with Gasteiger partial charge in [0.1, 0.15) is 13.9 Å². The lowest BCUT2D eigenvalue weighted by molar-refractivity contribution is -0.0107. The van der Waals surface area contributed by atoms with E-state index in [1.54, 1.807) is 18.7 Å². The van der Waals surface area contributed by atoms with Crippen LogP contribution in [0, 0.1) is 0 Å². The number of rotatable bonds is 8. The van der Waals surface area contributed by atoms with Crippen LogP contribution in [0.25, 0.3) is 0 Å². The minimum atomic E-state index is -1.47. The van der Waals surface area contributed by atoms with Crippen molar-refractivity contribution in [3.8, 4) is 0 Å². The van der Waals surface area contributed by atoms with Crippen LogP contribution in [0.1, 0.15) is 6.42 Å². The van der Waals surface area contributed by atoms with Gasteiger partial charge in [-0.2, -0.15) is 0 Å². The molecule has 88 valence electrons. The molecule has 1 heterocycles. The normalized spacial score (nSPS) is 31.2. The van der Waals surface area contributed by atoms with E-state index in [0.29, 0.717) is 13.0 Å². The van der Waals surface area contributed by atoms with Gasteiger partial charge in [-0.1, -0.05) is 0 Å². The monoisotopic (exact) mass is 252 g/mol. The molecule has 1 aliphatic rings. The minimum Gasteiger partial charge on any atom is -0.397 e. The number of hydrogen-bond donors (Lipinski definition) is 0. The van der Waals surface area contributed by atoms with Crippen molar-refractivity contribution in [3.63, 3.8) is 0 Å². The Labute approximate surface area is 110 Å². The smallest absolute Gasteiger partial charge is 0.293 e. The largest absolute Gasteiger partial charge is 0.397 e. The van der Waals surface area contributed by atoms with Crippen molar-refractivity contribution >= 4 is 39.4 Å². The molecule has 0 N–H and O–H groups in total. The fourth-order valence-corrected chi connectivity index (χ4v) is 2.42. The molecule has 4 unspecified atom stereocenters. The van der Waals surface area contributed by atoms with Gasteiger partial charge in [0.25, 0.3) is 8.05 Å². The molecular formula is C7H14B4NO4P. The Morgan fingerprint density at radius 3 is 3.06 bits per heavy atom. The van der Waals surface area contributed by atoms with Crippen LogP contribution in [0.2, 0.25) is 0 Å². The fourth-order valence-electron chi connectivity index (χ4n) is 1.51. The average Bonchev–Trinajstić information content (AvgIpc) is 2.78. The minimum absolute atomic E-state index is 0.242. The van der Waals surface area contributed by atoms with E-state index in [9.17, 15) is 0 Å². The maximum absolute atomic E-state index is 7.23. The lowest BCUT2D eigenvalue weighted by atomic mass is 9.67. The Balaban J connectivity index is 2.56. The molecule has 0 amide bonds. The number of nitrogens with zero attached hydrogens (tertiary/aromatic N) is 1. The van der Waals surface area contributed by atoms with E-state index in [0.717, 1.165) is 0 Å². The highest BCUT2D eigenvalue weighted by molar-refractivity contribution is 7.48. The summed E-state index contributed by atoms with van der Waals surface area (Å²) >= 11 is 0. The van der Waals surface area contributed by atoms with E-state index in [1.165, 1.54) is 15.1 Å². The lowest BCUT2D eigenvalue weighted by Crippen LogP contribution is -2.30. The van der Waals surface area contributed by atoms with Gasteiger partial charge in [0.2, 0.25) is 8.53 Å². The highest BCUT2D eigenvalue weighted by atomic mass is 31.2. The lowest BCUT2D eigenvalue weighted by Gasteiger charge is -2.29. The first-order valence-corrected chi connectivity index (χ1v) is 6.27. The van der Waals surface area contributed by atoms with Gasteiger partial charge in [0, 0.05) is 20.9 Å². The zero-order valence-corrected chi connectivity index (χ0v) is 10.9. The van der Waals surface area contributed by atoms with E-state index in [-0.39, 0.29) is 18.2 Å². The molecule has 0 aromatic heterocycles. The van der Waals surface area contributed by atoms with Crippen molar-refractivity contribution in [2.24, 2.45) is 0 Å². The Morgan fingerprint density at radius 1 is 1.76 bits per heavy atom. The second kappa shape index (κ2) is 7.82. The summed E-state index contributed by atoms with van der Waals surface area (Å²) in [6.07, 6.45) is 0.0829. The molecule has 1 rings (SSSR count). The predicted octanol–water partition coefficient (Wildman–Crippen LogP) is -1.00. The second-order valence-electron chi connectivity index (χ2n) is 3.61. The first-order valence-electron chi connectivity index (χ1n) is 5.71. The molecule has 0 saturated carbocycles. The van der Waals surface area contributed by atoms with E-state index in [1.807, 2.05) is 0 Å². The van der Waals surface area contributed by atoms with Gasteiger partial charge in [-0.05, 0) is 14.8 Å². The summed E-state index contributed by atoms with van der Waals surface area (Å²) in [6.45, 7) is 0.388. The maximum Gasteiger partial charge on any atom is 0.293 e. The Bertz CT molecular complexity index is 247. The average molecular weight is 251 g/mol. The van der Waals surface area contributed by atoms with Crippen LogP contribution in [0.15, 0.2) is 0 Å². The van der Waals surface area contributed by atoms with Gasteiger partial charge >= 0.3 is 0 Å². The Hall–Kier alpha value is 0.490. The summed E-state index contributed by atoms with van der Waals surface area (Å²) in [6, 6.07) is -0.267. The summed E-state index contributed by atoms with van der Waals surface area (Å²) in [5.74, 6) is 0. The van der Waals surface area contributed by atoms with Crippen LogP contribution in [0.5, 0.6) is 0 Å². The third kappa shape index (κ3) is 4.58.